The van der Waals surface area contributed by atoms with E-state index in [1.807, 2.05) is 17.3 Å². The molecule has 1 aromatic heterocycles. The van der Waals surface area contributed by atoms with Crippen LogP contribution in [-0.4, -0.2) is 52.3 Å². The number of rotatable bonds is 5. The molecule has 1 amide bonds. The van der Waals surface area contributed by atoms with Crippen LogP contribution >= 0.6 is 0 Å². The Morgan fingerprint density at radius 3 is 2.92 bits per heavy atom. The van der Waals surface area contributed by atoms with Crippen LogP contribution < -0.4 is 0 Å². The average molecular weight is 329 g/mol. The Bertz CT molecular complexity index is 681. The number of phenols is 1. The fourth-order valence-corrected chi connectivity index (χ4v) is 3.22. The van der Waals surface area contributed by atoms with Crippen molar-refractivity contribution in [2.75, 3.05) is 26.8 Å². The Morgan fingerprint density at radius 2 is 2.17 bits per heavy atom. The molecule has 0 radical (unpaired) electrons. The molecule has 2 heterocycles. The van der Waals surface area contributed by atoms with E-state index >= 15 is 0 Å². The number of methoxy groups -OCH3 is 1. The highest BCUT2D eigenvalue weighted by atomic mass is 16.5. The zero-order chi connectivity index (χ0) is 16.9. The zero-order valence-corrected chi connectivity index (χ0v) is 13.9. The molecular formula is C18H23N3O3. The van der Waals surface area contributed by atoms with Crippen LogP contribution in [-0.2, 0) is 11.3 Å². The minimum atomic E-state index is 0.00898. The lowest BCUT2D eigenvalue weighted by Gasteiger charge is -2.32. The molecule has 0 unspecified atom stereocenters. The number of ether oxygens (including phenoxy) is 1. The molecule has 1 atom stereocenters. The summed E-state index contributed by atoms with van der Waals surface area (Å²) < 4.78 is 7.26. The molecule has 0 aliphatic carbocycles. The number of piperidine rings is 1. The topological polar surface area (TPSA) is 67.6 Å². The van der Waals surface area contributed by atoms with Crippen LogP contribution in [0.1, 0.15) is 34.9 Å². The summed E-state index contributed by atoms with van der Waals surface area (Å²) in [7, 11) is 1.69. The summed E-state index contributed by atoms with van der Waals surface area (Å²) in [6.07, 6.45) is 5.77. The summed E-state index contributed by atoms with van der Waals surface area (Å²) in [6, 6.07) is 6.43. The number of hydrogen-bond donors (Lipinski definition) is 1. The van der Waals surface area contributed by atoms with E-state index in [-0.39, 0.29) is 17.6 Å². The second-order valence-corrected chi connectivity index (χ2v) is 6.11. The van der Waals surface area contributed by atoms with Gasteiger partial charge in [0.25, 0.3) is 5.91 Å². The van der Waals surface area contributed by atoms with E-state index in [9.17, 15) is 9.90 Å². The number of likely N-dealkylation sites (tertiary alicyclic amines) is 1. The minimum Gasteiger partial charge on any atom is -0.508 e. The lowest BCUT2D eigenvalue weighted by Crippen LogP contribution is -2.39. The van der Waals surface area contributed by atoms with E-state index in [4.69, 9.17) is 4.74 Å². The van der Waals surface area contributed by atoms with Gasteiger partial charge < -0.3 is 19.3 Å². The molecule has 0 spiro atoms. The summed E-state index contributed by atoms with van der Waals surface area (Å²) >= 11 is 0. The van der Waals surface area contributed by atoms with Gasteiger partial charge in [-0.2, -0.15) is 0 Å². The molecule has 1 N–H and O–H groups in total. The molecular weight excluding hydrogens is 306 g/mol. The van der Waals surface area contributed by atoms with E-state index < -0.39 is 0 Å². The highest BCUT2D eigenvalue weighted by Crippen LogP contribution is 2.27. The third-order valence-corrected chi connectivity index (χ3v) is 4.47. The maximum Gasteiger partial charge on any atom is 0.253 e. The lowest BCUT2D eigenvalue weighted by molar-refractivity contribution is 0.0702. The quantitative estimate of drug-likeness (QED) is 0.913. The van der Waals surface area contributed by atoms with Crippen molar-refractivity contribution in [3.63, 3.8) is 0 Å². The fraction of sp³-hybridized carbons (Fsp3) is 0.444. The predicted octanol–water partition coefficient (Wildman–Crippen LogP) is 2.25. The number of aromatic hydroxyl groups is 1. The molecule has 1 aliphatic heterocycles. The molecule has 6 heteroatoms. The average Bonchev–Trinajstić information content (AvgIpc) is 3.08. The second kappa shape index (κ2) is 7.49. The van der Waals surface area contributed by atoms with Gasteiger partial charge in [0.15, 0.2) is 0 Å². The standard InChI is InChI=1S/C18H23N3O3/c1-24-12-11-20-10-8-19-17(20)15-3-2-9-21(13-15)18(23)14-4-6-16(22)7-5-14/h4-8,10,15,22H,2-3,9,11-13H2,1H3/t15-/m1/s1. The highest BCUT2D eigenvalue weighted by molar-refractivity contribution is 5.94. The molecule has 24 heavy (non-hydrogen) atoms. The number of carbonyl (C=O) groups excluding carboxylic acids is 1. The van der Waals surface area contributed by atoms with Crippen molar-refractivity contribution in [1.29, 1.82) is 0 Å². The van der Waals surface area contributed by atoms with E-state index in [0.717, 1.165) is 31.8 Å². The third kappa shape index (κ3) is 3.59. The highest BCUT2D eigenvalue weighted by Gasteiger charge is 2.27. The van der Waals surface area contributed by atoms with Crippen molar-refractivity contribution in [2.24, 2.45) is 0 Å². The van der Waals surface area contributed by atoms with Crippen LogP contribution in [0.25, 0.3) is 0 Å². The van der Waals surface area contributed by atoms with Crippen LogP contribution in [0.15, 0.2) is 36.7 Å². The molecule has 1 saturated heterocycles. The molecule has 2 aromatic rings. The van der Waals surface area contributed by atoms with Crippen molar-refractivity contribution in [3.8, 4) is 5.75 Å². The van der Waals surface area contributed by atoms with E-state index in [1.165, 1.54) is 0 Å². The van der Waals surface area contributed by atoms with Crippen molar-refractivity contribution < 1.29 is 14.6 Å². The Hall–Kier alpha value is -2.34. The first-order chi connectivity index (χ1) is 11.7. The first kappa shape index (κ1) is 16.5. The maximum absolute atomic E-state index is 12.7. The Balaban J connectivity index is 1.71. The zero-order valence-electron chi connectivity index (χ0n) is 13.9. The molecule has 1 aliphatic rings. The largest absolute Gasteiger partial charge is 0.508 e. The van der Waals surface area contributed by atoms with Gasteiger partial charge in [0.2, 0.25) is 0 Å². The monoisotopic (exact) mass is 329 g/mol. The Labute approximate surface area is 141 Å². The van der Waals surface area contributed by atoms with Gasteiger partial charge in [-0.3, -0.25) is 4.79 Å². The summed E-state index contributed by atoms with van der Waals surface area (Å²) in [5.41, 5.74) is 0.608. The number of amides is 1. The van der Waals surface area contributed by atoms with Crippen LogP contribution in [0.5, 0.6) is 5.75 Å². The van der Waals surface area contributed by atoms with Crippen LogP contribution in [0.2, 0.25) is 0 Å². The molecule has 128 valence electrons. The molecule has 1 aromatic carbocycles. The molecule has 6 nitrogen and oxygen atoms in total. The predicted molar refractivity (Wildman–Crippen MR) is 90.1 cm³/mol. The molecule has 3 rings (SSSR count). The van der Waals surface area contributed by atoms with Crippen molar-refractivity contribution >= 4 is 5.91 Å². The fourth-order valence-electron chi connectivity index (χ4n) is 3.22. The summed E-state index contributed by atoms with van der Waals surface area (Å²) in [4.78, 5) is 19.1. The van der Waals surface area contributed by atoms with Gasteiger partial charge in [0, 0.05) is 50.6 Å². The van der Waals surface area contributed by atoms with Crippen LogP contribution in [0.3, 0.4) is 0 Å². The Kier molecular flexibility index (Phi) is 5.15. The first-order valence-corrected chi connectivity index (χ1v) is 8.27. The van der Waals surface area contributed by atoms with Gasteiger partial charge in [0.05, 0.1) is 6.61 Å². The van der Waals surface area contributed by atoms with E-state index in [1.54, 1.807) is 31.4 Å². The summed E-state index contributed by atoms with van der Waals surface area (Å²) in [5, 5.41) is 9.37. The number of nitrogens with zero attached hydrogens (tertiary/aromatic N) is 3. The molecule has 0 bridgehead atoms. The second-order valence-electron chi connectivity index (χ2n) is 6.11. The number of hydrogen-bond acceptors (Lipinski definition) is 4. The van der Waals surface area contributed by atoms with Gasteiger partial charge in [0.1, 0.15) is 11.6 Å². The summed E-state index contributed by atoms with van der Waals surface area (Å²) in [5.74, 6) is 1.44. The maximum atomic E-state index is 12.7. The van der Waals surface area contributed by atoms with Gasteiger partial charge >= 0.3 is 0 Å². The number of aromatic nitrogens is 2. The first-order valence-electron chi connectivity index (χ1n) is 8.27. The van der Waals surface area contributed by atoms with E-state index in [2.05, 4.69) is 9.55 Å². The van der Waals surface area contributed by atoms with Gasteiger partial charge in [-0.15, -0.1) is 0 Å². The van der Waals surface area contributed by atoms with Crippen molar-refractivity contribution in [2.45, 2.75) is 25.3 Å². The van der Waals surface area contributed by atoms with Crippen LogP contribution in [0, 0.1) is 0 Å². The number of phenolic OH excluding ortho intramolecular Hbond substituents is 1. The van der Waals surface area contributed by atoms with Crippen molar-refractivity contribution in [3.05, 3.63) is 48.0 Å². The van der Waals surface area contributed by atoms with Gasteiger partial charge in [-0.1, -0.05) is 0 Å². The van der Waals surface area contributed by atoms with Crippen LogP contribution in [0.4, 0.5) is 0 Å². The molecule has 1 fully saturated rings. The molecule has 0 saturated carbocycles. The number of benzene rings is 1. The lowest BCUT2D eigenvalue weighted by atomic mass is 9.96. The van der Waals surface area contributed by atoms with E-state index in [0.29, 0.717) is 18.7 Å². The minimum absolute atomic E-state index is 0.00898. The third-order valence-electron chi connectivity index (χ3n) is 4.47. The Morgan fingerprint density at radius 1 is 1.38 bits per heavy atom. The normalized spacial score (nSPS) is 17.9. The van der Waals surface area contributed by atoms with Gasteiger partial charge in [-0.05, 0) is 37.1 Å². The number of imidazole rings is 1. The van der Waals surface area contributed by atoms with Gasteiger partial charge in [-0.25, -0.2) is 4.98 Å². The number of carbonyl (C=O) groups is 1. The SMILES string of the molecule is COCCn1ccnc1[C@@H]1CCCN(C(=O)c2ccc(O)cc2)C1. The van der Waals surface area contributed by atoms with Crippen molar-refractivity contribution in [1.82, 2.24) is 14.5 Å². The summed E-state index contributed by atoms with van der Waals surface area (Å²) in [6.45, 7) is 2.85. The smallest absolute Gasteiger partial charge is 0.253 e.